The van der Waals surface area contributed by atoms with Gasteiger partial charge in [-0.05, 0) is 60.7 Å². The van der Waals surface area contributed by atoms with Gasteiger partial charge in [-0.25, -0.2) is 13.1 Å². The highest BCUT2D eigenvalue weighted by atomic mass is 35.5. The lowest BCUT2D eigenvalue weighted by Crippen LogP contribution is -2.22. The van der Waals surface area contributed by atoms with Crippen molar-refractivity contribution in [3.05, 3.63) is 82.8 Å². The minimum absolute atomic E-state index is 0.0653. The summed E-state index contributed by atoms with van der Waals surface area (Å²) in [5.74, 6) is 0.557. The van der Waals surface area contributed by atoms with Gasteiger partial charge in [0.2, 0.25) is 10.0 Å². The first kappa shape index (κ1) is 23.1. The summed E-state index contributed by atoms with van der Waals surface area (Å²) in [6, 6.07) is 17.3. The van der Waals surface area contributed by atoms with E-state index < -0.39 is 15.9 Å². The molecule has 0 saturated heterocycles. The topological polar surface area (TPSA) is 121 Å². The van der Waals surface area contributed by atoms with E-state index in [2.05, 4.69) is 10.0 Å². The Labute approximate surface area is 190 Å². The van der Waals surface area contributed by atoms with Crippen LogP contribution in [0.4, 0.5) is 5.69 Å². The number of hydrogen-bond donors (Lipinski definition) is 2. The molecule has 10 heteroatoms. The van der Waals surface area contributed by atoms with Gasteiger partial charge < -0.3 is 14.5 Å². The largest absolute Gasteiger partial charge is 0.497 e. The van der Waals surface area contributed by atoms with Crippen LogP contribution in [0.2, 0.25) is 5.02 Å². The fourth-order valence-electron chi connectivity index (χ4n) is 2.59. The van der Waals surface area contributed by atoms with E-state index in [9.17, 15) is 18.5 Å². The molecule has 0 spiro atoms. The highest BCUT2D eigenvalue weighted by Gasteiger charge is 2.15. The van der Waals surface area contributed by atoms with Crippen LogP contribution in [0.15, 0.2) is 75.5 Å². The van der Waals surface area contributed by atoms with Gasteiger partial charge in [-0.2, -0.15) is 5.26 Å². The Morgan fingerprint density at radius 3 is 2.44 bits per heavy atom. The van der Waals surface area contributed by atoms with Gasteiger partial charge in [0.15, 0.2) is 0 Å². The fourth-order valence-corrected chi connectivity index (χ4v) is 3.71. The number of carbonyl (C=O) groups is 1. The molecule has 0 aliphatic rings. The molecule has 8 nitrogen and oxygen atoms in total. The van der Waals surface area contributed by atoms with Crippen LogP contribution in [0.3, 0.4) is 0 Å². The summed E-state index contributed by atoms with van der Waals surface area (Å²) in [7, 11) is -2.22. The maximum atomic E-state index is 12.4. The number of sulfonamides is 1. The van der Waals surface area contributed by atoms with Crippen molar-refractivity contribution in [2.24, 2.45) is 0 Å². The Bertz CT molecular complexity index is 1270. The number of carbonyl (C=O) groups excluding carboxylic acids is 1. The summed E-state index contributed by atoms with van der Waals surface area (Å²) < 4.78 is 37.7. The predicted molar refractivity (Wildman–Crippen MR) is 119 cm³/mol. The molecule has 1 heterocycles. The maximum absolute atomic E-state index is 12.4. The van der Waals surface area contributed by atoms with Crippen molar-refractivity contribution in [3.8, 4) is 11.8 Å². The van der Waals surface area contributed by atoms with Gasteiger partial charge in [0.1, 0.15) is 28.9 Å². The third kappa shape index (κ3) is 5.98. The molecule has 32 heavy (non-hydrogen) atoms. The zero-order valence-electron chi connectivity index (χ0n) is 16.8. The van der Waals surface area contributed by atoms with Gasteiger partial charge in [0.05, 0.1) is 18.6 Å². The number of halogens is 1. The van der Waals surface area contributed by atoms with Crippen molar-refractivity contribution in [1.82, 2.24) is 4.72 Å². The molecule has 0 fully saturated rings. The highest BCUT2D eigenvalue weighted by Crippen LogP contribution is 2.18. The Kier molecular flexibility index (Phi) is 7.33. The lowest BCUT2D eigenvalue weighted by molar-refractivity contribution is -0.112. The molecule has 1 amide bonds. The van der Waals surface area contributed by atoms with E-state index in [-0.39, 0.29) is 22.8 Å². The summed E-state index contributed by atoms with van der Waals surface area (Å²) in [4.78, 5) is 12.4. The fraction of sp³-hybridized carbons (Fsp3) is 0.0909. The van der Waals surface area contributed by atoms with Crippen molar-refractivity contribution in [2.75, 3.05) is 12.4 Å². The van der Waals surface area contributed by atoms with Crippen molar-refractivity contribution < 1.29 is 22.4 Å². The predicted octanol–water partition coefficient (Wildman–Crippen LogP) is 3.97. The highest BCUT2D eigenvalue weighted by molar-refractivity contribution is 7.89. The van der Waals surface area contributed by atoms with E-state index in [1.54, 1.807) is 30.3 Å². The summed E-state index contributed by atoms with van der Waals surface area (Å²) in [5, 5.41) is 12.4. The molecule has 0 aliphatic heterocycles. The van der Waals surface area contributed by atoms with Crippen LogP contribution in [-0.4, -0.2) is 21.4 Å². The van der Waals surface area contributed by atoms with Gasteiger partial charge >= 0.3 is 0 Å². The van der Waals surface area contributed by atoms with E-state index in [1.165, 1.54) is 43.5 Å². The molecule has 0 unspecified atom stereocenters. The van der Waals surface area contributed by atoms with E-state index in [1.807, 2.05) is 6.07 Å². The third-order valence-corrected chi connectivity index (χ3v) is 5.91. The number of anilines is 1. The van der Waals surface area contributed by atoms with Gasteiger partial charge in [-0.15, -0.1) is 0 Å². The minimum atomic E-state index is -3.76. The van der Waals surface area contributed by atoms with Gasteiger partial charge in [-0.1, -0.05) is 11.6 Å². The van der Waals surface area contributed by atoms with Gasteiger partial charge in [0.25, 0.3) is 5.91 Å². The van der Waals surface area contributed by atoms with E-state index in [0.29, 0.717) is 22.2 Å². The summed E-state index contributed by atoms with van der Waals surface area (Å²) in [6.07, 6.45) is 1.27. The quantitative estimate of drug-likeness (QED) is 0.378. The first-order valence-corrected chi connectivity index (χ1v) is 11.1. The first-order valence-electron chi connectivity index (χ1n) is 9.22. The Morgan fingerprint density at radius 2 is 1.81 bits per heavy atom. The van der Waals surface area contributed by atoms with Crippen LogP contribution in [-0.2, 0) is 21.4 Å². The number of methoxy groups -OCH3 is 1. The number of benzene rings is 2. The Morgan fingerprint density at radius 1 is 1.12 bits per heavy atom. The number of nitrogens with zero attached hydrogens (tertiary/aromatic N) is 1. The maximum Gasteiger partial charge on any atom is 0.266 e. The molecule has 164 valence electrons. The minimum Gasteiger partial charge on any atom is -0.497 e. The molecule has 3 aromatic rings. The molecule has 0 atom stereocenters. The lowest BCUT2D eigenvalue weighted by atomic mass is 10.2. The Hall–Kier alpha value is -3.58. The third-order valence-electron chi connectivity index (χ3n) is 4.24. The smallest absolute Gasteiger partial charge is 0.266 e. The molecule has 2 aromatic carbocycles. The second-order valence-corrected chi connectivity index (χ2v) is 8.64. The molecule has 0 bridgehead atoms. The number of furan rings is 1. The summed E-state index contributed by atoms with van der Waals surface area (Å²) in [6.45, 7) is -0.112. The molecule has 0 aliphatic carbocycles. The first-order chi connectivity index (χ1) is 15.3. The molecule has 1 aromatic heterocycles. The molecular weight excluding hydrogens is 454 g/mol. The van der Waals surface area contributed by atoms with Crippen molar-refractivity contribution in [3.63, 3.8) is 0 Å². The average Bonchev–Trinajstić information content (AvgIpc) is 3.24. The lowest BCUT2D eigenvalue weighted by Gasteiger charge is -2.05. The number of nitrogens with one attached hydrogen (secondary N) is 2. The van der Waals surface area contributed by atoms with Gasteiger partial charge in [-0.3, -0.25) is 4.79 Å². The standard InChI is InChI=1S/C22H18ClN3O5S/c1-30-18-6-4-17(5-7-18)26-22(27)15(13-24)12-19-8-9-20(31-19)14-25-32(28,29)21-10-2-16(23)3-11-21/h2-12,25H,14H2,1H3,(H,26,27)/b15-12-. The number of amides is 1. The van der Waals surface area contributed by atoms with E-state index in [4.69, 9.17) is 20.8 Å². The van der Waals surface area contributed by atoms with Crippen LogP contribution in [0.1, 0.15) is 11.5 Å². The summed E-state index contributed by atoms with van der Waals surface area (Å²) >= 11 is 5.78. The molecule has 0 radical (unpaired) electrons. The molecule has 0 saturated carbocycles. The zero-order chi connectivity index (χ0) is 23.1. The number of hydrogen-bond acceptors (Lipinski definition) is 6. The normalized spacial score (nSPS) is 11.6. The molecule has 3 rings (SSSR count). The number of nitriles is 1. The molecular formula is C22H18ClN3O5S. The van der Waals surface area contributed by atoms with E-state index in [0.717, 1.165) is 0 Å². The van der Waals surface area contributed by atoms with Crippen LogP contribution >= 0.6 is 11.6 Å². The van der Waals surface area contributed by atoms with Crippen LogP contribution in [0, 0.1) is 11.3 Å². The number of rotatable bonds is 8. The van der Waals surface area contributed by atoms with Gasteiger partial charge in [0, 0.05) is 16.8 Å². The van der Waals surface area contributed by atoms with Crippen LogP contribution in [0.5, 0.6) is 5.75 Å². The van der Waals surface area contributed by atoms with Crippen molar-refractivity contribution >= 4 is 39.3 Å². The van der Waals surface area contributed by atoms with Crippen LogP contribution < -0.4 is 14.8 Å². The molecule has 2 N–H and O–H groups in total. The number of ether oxygens (including phenoxy) is 1. The second-order valence-electron chi connectivity index (χ2n) is 6.43. The SMILES string of the molecule is COc1ccc(NC(=O)/C(C#N)=C\c2ccc(CNS(=O)(=O)c3ccc(Cl)cc3)o2)cc1. The second kappa shape index (κ2) is 10.2. The van der Waals surface area contributed by atoms with Crippen molar-refractivity contribution in [1.29, 1.82) is 5.26 Å². The Balaban J connectivity index is 1.65. The average molecular weight is 472 g/mol. The van der Waals surface area contributed by atoms with Crippen molar-refractivity contribution in [2.45, 2.75) is 11.4 Å². The zero-order valence-corrected chi connectivity index (χ0v) is 18.4. The van der Waals surface area contributed by atoms with Crippen LogP contribution in [0.25, 0.3) is 6.08 Å². The van der Waals surface area contributed by atoms with E-state index >= 15 is 0 Å². The summed E-state index contributed by atoms with van der Waals surface area (Å²) in [5.41, 5.74) is 0.317. The monoisotopic (exact) mass is 471 g/mol.